The average Bonchev–Trinajstić information content (AvgIpc) is 2.97. The first-order chi connectivity index (χ1) is 9.70. The lowest BCUT2D eigenvalue weighted by molar-refractivity contribution is 0.121. The lowest BCUT2D eigenvalue weighted by Crippen LogP contribution is -2.37. The standard InChI is InChI=1S/C16H26N2O2/c1-13(15-7-3-4-8-16(15)20-2)17-11-14(19)12-18-9-5-6-10-18/h3-4,7-8,13-14,17,19H,5-6,9-12H2,1-2H3. The molecule has 2 atom stereocenters. The molecule has 0 aliphatic carbocycles. The number of para-hydroxylation sites is 1. The van der Waals surface area contributed by atoms with Gasteiger partial charge in [0, 0.05) is 24.7 Å². The number of benzene rings is 1. The van der Waals surface area contributed by atoms with Crippen LogP contribution < -0.4 is 10.1 Å². The Kier molecular flexibility index (Phi) is 5.83. The predicted molar refractivity (Wildman–Crippen MR) is 81.1 cm³/mol. The monoisotopic (exact) mass is 278 g/mol. The zero-order valence-corrected chi connectivity index (χ0v) is 12.5. The van der Waals surface area contributed by atoms with Gasteiger partial charge in [-0.3, -0.25) is 0 Å². The van der Waals surface area contributed by atoms with Crippen LogP contribution >= 0.6 is 0 Å². The fourth-order valence-corrected chi connectivity index (χ4v) is 2.77. The second kappa shape index (κ2) is 7.62. The fraction of sp³-hybridized carbons (Fsp3) is 0.625. The second-order valence-electron chi connectivity index (χ2n) is 5.53. The van der Waals surface area contributed by atoms with Crippen molar-refractivity contribution in [3.8, 4) is 5.75 Å². The number of ether oxygens (including phenoxy) is 1. The molecule has 0 aromatic heterocycles. The Bertz CT molecular complexity index is 405. The minimum atomic E-state index is -0.315. The molecule has 0 amide bonds. The Hall–Kier alpha value is -1.10. The fourth-order valence-electron chi connectivity index (χ4n) is 2.77. The molecule has 2 N–H and O–H groups in total. The van der Waals surface area contributed by atoms with E-state index in [0.717, 1.165) is 30.9 Å². The summed E-state index contributed by atoms with van der Waals surface area (Å²) in [6.07, 6.45) is 2.21. The smallest absolute Gasteiger partial charge is 0.123 e. The van der Waals surface area contributed by atoms with Crippen LogP contribution in [0.4, 0.5) is 0 Å². The molecule has 4 heteroatoms. The predicted octanol–water partition coefficient (Wildman–Crippen LogP) is 1.80. The van der Waals surface area contributed by atoms with Crippen molar-refractivity contribution in [3.63, 3.8) is 0 Å². The summed E-state index contributed by atoms with van der Waals surface area (Å²) in [7, 11) is 1.69. The Labute approximate surface area is 121 Å². The Morgan fingerprint density at radius 1 is 1.30 bits per heavy atom. The van der Waals surface area contributed by atoms with Crippen LogP contribution in [0.5, 0.6) is 5.75 Å². The number of rotatable bonds is 7. The van der Waals surface area contributed by atoms with Gasteiger partial charge in [0.05, 0.1) is 13.2 Å². The maximum Gasteiger partial charge on any atom is 0.123 e. The lowest BCUT2D eigenvalue weighted by Gasteiger charge is -2.22. The van der Waals surface area contributed by atoms with E-state index in [9.17, 15) is 5.11 Å². The molecule has 112 valence electrons. The number of β-amino-alcohol motifs (C(OH)–C–C–N with tert-alkyl or cyclic N) is 1. The van der Waals surface area contributed by atoms with Gasteiger partial charge < -0.3 is 20.1 Å². The molecule has 0 spiro atoms. The molecule has 1 aromatic rings. The second-order valence-corrected chi connectivity index (χ2v) is 5.53. The van der Waals surface area contributed by atoms with Crippen LogP contribution in [-0.4, -0.2) is 49.4 Å². The normalized spacial score (nSPS) is 18.9. The maximum absolute atomic E-state index is 10.1. The number of hydrogen-bond acceptors (Lipinski definition) is 4. The van der Waals surface area contributed by atoms with E-state index >= 15 is 0 Å². The number of hydrogen-bond donors (Lipinski definition) is 2. The summed E-state index contributed by atoms with van der Waals surface area (Å²) < 4.78 is 5.37. The van der Waals surface area contributed by atoms with Crippen molar-refractivity contribution in [1.82, 2.24) is 10.2 Å². The van der Waals surface area contributed by atoms with Crippen LogP contribution in [0.25, 0.3) is 0 Å². The van der Waals surface area contributed by atoms with E-state index in [1.807, 2.05) is 18.2 Å². The summed E-state index contributed by atoms with van der Waals surface area (Å²) in [4.78, 5) is 2.33. The minimum Gasteiger partial charge on any atom is -0.496 e. The van der Waals surface area contributed by atoms with Gasteiger partial charge in [-0.1, -0.05) is 18.2 Å². The Balaban J connectivity index is 1.80. The molecule has 1 aliphatic rings. The molecule has 0 saturated carbocycles. The lowest BCUT2D eigenvalue weighted by atomic mass is 10.1. The summed E-state index contributed by atoms with van der Waals surface area (Å²) in [6.45, 7) is 5.72. The molecule has 4 nitrogen and oxygen atoms in total. The molecule has 20 heavy (non-hydrogen) atoms. The van der Waals surface area contributed by atoms with Crippen molar-refractivity contribution in [2.24, 2.45) is 0 Å². The molecule has 1 aliphatic heterocycles. The molecule has 1 fully saturated rings. The first kappa shape index (κ1) is 15.3. The summed E-state index contributed by atoms with van der Waals surface area (Å²) in [5.41, 5.74) is 1.13. The highest BCUT2D eigenvalue weighted by atomic mass is 16.5. The minimum absolute atomic E-state index is 0.166. The van der Waals surface area contributed by atoms with Crippen molar-refractivity contribution in [1.29, 1.82) is 0 Å². The number of nitrogens with zero attached hydrogens (tertiary/aromatic N) is 1. The van der Waals surface area contributed by atoms with Crippen LogP contribution in [0.2, 0.25) is 0 Å². The van der Waals surface area contributed by atoms with Crippen molar-refractivity contribution in [3.05, 3.63) is 29.8 Å². The van der Waals surface area contributed by atoms with Gasteiger partial charge in [-0.25, -0.2) is 0 Å². The summed E-state index contributed by atoms with van der Waals surface area (Å²) in [5.74, 6) is 0.890. The zero-order valence-electron chi connectivity index (χ0n) is 12.5. The van der Waals surface area contributed by atoms with Crippen molar-refractivity contribution < 1.29 is 9.84 Å². The van der Waals surface area contributed by atoms with Crippen LogP contribution in [0.1, 0.15) is 31.4 Å². The number of likely N-dealkylation sites (tertiary alicyclic amines) is 1. The molecular formula is C16H26N2O2. The van der Waals surface area contributed by atoms with E-state index in [0.29, 0.717) is 6.54 Å². The van der Waals surface area contributed by atoms with Gasteiger partial charge in [0.2, 0.25) is 0 Å². The van der Waals surface area contributed by atoms with E-state index in [4.69, 9.17) is 4.74 Å². The van der Waals surface area contributed by atoms with Crippen LogP contribution in [0, 0.1) is 0 Å². The molecule has 1 aromatic carbocycles. The quantitative estimate of drug-likeness (QED) is 0.798. The first-order valence-electron chi connectivity index (χ1n) is 7.47. The molecule has 0 radical (unpaired) electrons. The summed E-state index contributed by atoms with van der Waals surface area (Å²) >= 11 is 0. The average molecular weight is 278 g/mol. The third-order valence-corrected chi connectivity index (χ3v) is 3.93. The molecule has 0 bridgehead atoms. The Morgan fingerprint density at radius 3 is 2.70 bits per heavy atom. The molecule has 2 rings (SSSR count). The van der Waals surface area contributed by atoms with Gasteiger partial charge in [-0.05, 0) is 38.9 Å². The Morgan fingerprint density at radius 2 is 2.00 bits per heavy atom. The topological polar surface area (TPSA) is 44.7 Å². The van der Waals surface area contributed by atoms with Crippen LogP contribution in [0.3, 0.4) is 0 Å². The van der Waals surface area contributed by atoms with E-state index in [2.05, 4.69) is 23.2 Å². The maximum atomic E-state index is 10.1. The van der Waals surface area contributed by atoms with E-state index in [-0.39, 0.29) is 12.1 Å². The van der Waals surface area contributed by atoms with E-state index in [1.165, 1.54) is 12.8 Å². The number of aliphatic hydroxyl groups excluding tert-OH is 1. The van der Waals surface area contributed by atoms with Gasteiger partial charge in [-0.2, -0.15) is 0 Å². The highest BCUT2D eigenvalue weighted by molar-refractivity contribution is 5.35. The third kappa shape index (κ3) is 4.20. The zero-order chi connectivity index (χ0) is 14.4. The van der Waals surface area contributed by atoms with Gasteiger partial charge >= 0.3 is 0 Å². The van der Waals surface area contributed by atoms with Crippen molar-refractivity contribution >= 4 is 0 Å². The van der Waals surface area contributed by atoms with Gasteiger partial charge in [0.15, 0.2) is 0 Å². The summed E-state index contributed by atoms with van der Waals surface area (Å²) in [6, 6.07) is 8.17. The third-order valence-electron chi connectivity index (χ3n) is 3.93. The van der Waals surface area contributed by atoms with Crippen molar-refractivity contribution in [2.45, 2.75) is 31.9 Å². The molecule has 2 unspecified atom stereocenters. The van der Waals surface area contributed by atoms with E-state index in [1.54, 1.807) is 7.11 Å². The van der Waals surface area contributed by atoms with Gasteiger partial charge in [0.1, 0.15) is 5.75 Å². The first-order valence-corrected chi connectivity index (χ1v) is 7.47. The largest absolute Gasteiger partial charge is 0.496 e. The van der Waals surface area contributed by atoms with Gasteiger partial charge in [0.25, 0.3) is 0 Å². The van der Waals surface area contributed by atoms with Crippen LogP contribution in [-0.2, 0) is 0 Å². The highest BCUT2D eigenvalue weighted by Gasteiger charge is 2.17. The number of methoxy groups -OCH3 is 1. The van der Waals surface area contributed by atoms with E-state index < -0.39 is 0 Å². The SMILES string of the molecule is COc1ccccc1C(C)NCC(O)CN1CCCC1. The molecule has 1 heterocycles. The summed E-state index contributed by atoms with van der Waals surface area (Å²) in [5, 5.41) is 13.5. The highest BCUT2D eigenvalue weighted by Crippen LogP contribution is 2.24. The number of aliphatic hydroxyl groups is 1. The van der Waals surface area contributed by atoms with Crippen molar-refractivity contribution in [2.75, 3.05) is 33.3 Å². The number of nitrogens with one attached hydrogen (secondary N) is 1. The molecule has 1 saturated heterocycles. The molecular weight excluding hydrogens is 252 g/mol. The van der Waals surface area contributed by atoms with Crippen LogP contribution in [0.15, 0.2) is 24.3 Å². The van der Waals surface area contributed by atoms with Gasteiger partial charge in [-0.15, -0.1) is 0 Å².